The molecule has 0 spiro atoms. The van der Waals surface area contributed by atoms with E-state index in [2.05, 4.69) is 17.2 Å². The van der Waals surface area contributed by atoms with Crippen molar-refractivity contribution in [3.8, 4) is 0 Å². The summed E-state index contributed by atoms with van der Waals surface area (Å²) in [4.78, 5) is 11.3. The monoisotopic (exact) mass is 268 g/mol. The van der Waals surface area contributed by atoms with Crippen LogP contribution in [-0.2, 0) is 4.79 Å². The molecule has 0 radical (unpaired) electrons. The van der Waals surface area contributed by atoms with E-state index in [0.717, 1.165) is 24.0 Å². The SMILES string of the molecule is C=CC(=O)NC1CSCC1NCCC1CCCC1. The molecule has 1 saturated carbocycles. The Kier molecular flexibility index (Phi) is 5.57. The van der Waals surface area contributed by atoms with Crippen molar-refractivity contribution in [2.45, 2.75) is 44.2 Å². The maximum absolute atomic E-state index is 11.3. The molecule has 0 aromatic heterocycles. The first kappa shape index (κ1) is 13.9. The minimum Gasteiger partial charge on any atom is -0.347 e. The predicted molar refractivity (Wildman–Crippen MR) is 77.8 cm³/mol. The molecule has 1 amide bonds. The molecule has 1 heterocycles. The summed E-state index contributed by atoms with van der Waals surface area (Å²) in [6.45, 7) is 4.60. The van der Waals surface area contributed by atoms with Gasteiger partial charge >= 0.3 is 0 Å². The van der Waals surface area contributed by atoms with E-state index in [0.29, 0.717) is 6.04 Å². The number of carbonyl (C=O) groups is 1. The van der Waals surface area contributed by atoms with Crippen molar-refractivity contribution < 1.29 is 4.79 Å². The van der Waals surface area contributed by atoms with E-state index < -0.39 is 0 Å². The molecule has 1 aliphatic carbocycles. The number of nitrogens with one attached hydrogen (secondary N) is 2. The Morgan fingerprint density at radius 3 is 2.72 bits per heavy atom. The van der Waals surface area contributed by atoms with Crippen molar-refractivity contribution >= 4 is 17.7 Å². The molecule has 0 aromatic carbocycles. The van der Waals surface area contributed by atoms with Gasteiger partial charge in [0.15, 0.2) is 0 Å². The molecule has 3 nitrogen and oxygen atoms in total. The number of amides is 1. The standard InChI is InChI=1S/C14H24N2OS/c1-2-14(17)16-13-10-18-9-12(13)15-8-7-11-5-3-4-6-11/h2,11-13,15H,1,3-10H2,(H,16,17). The highest BCUT2D eigenvalue weighted by atomic mass is 32.2. The van der Waals surface area contributed by atoms with Gasteiger partial charge in [0.05, 0.1) is 6.04 Å². The topological polar surface area (TPSA) is 41.1 Å². The number of thioether (sulfide) groups is 1. The van der Waals surface area contributed by atoms with Gasteiger partial charge < -0.3 is 10.6 Å². The second-order valence-electron chi connectivity index (χ2n) is 5.36. The second-order valence-corrected chi connectivity index (χ2v) is 6.43. The van der Waals surface area contributed by atoms with Crippen LogP contribution >= 0.6 is 11.8 Å². The summed E-state index contributed by atoms with van der Waals surface area (Å²) in [5.74, 6) is 3.01. The lowest BCUT2D eigenvalue weighted by molar-refractivity contribution is -0.117. The lowest BCUT2D eigenvalue weighted by Crippen LogP contribution is -2.49. The molecular weight excluding hydrogens is 244 g/mol. The van der Waals surface area contributed by atoms with Crippen LogP contribution in [0.15, 0.2) is 12.7 Å². The largest absolute Gasteiger partial charge is 0.347 e. The molecule has 2 rings (SSSR count). The van der Waals surface area contributed by atoms with Crippen molar-refractivity contribution in [3.63, 3.8) is 0 Å². The molecule has 102 valence electrons. The van der Waals surface area contributed by atoms with E-state index in [4.69, 9.17) is 0 Å². The van der Waals surface area contributed by atoms with Crippen molar-refractivity contribution in [2.24, 2.45) is 5.92 Å². The third kappa shape index (κ3) is 4.02. The van der Waals surface area contributed by atoms with E-state index in [1.807, 2.05) is 11.8 Å². The maximum atomic E-state index is 11.3. The fourth-order valence-corrected chi connectivity index (χ4v) is 4.22. The average molecular weight is 268 g/mol. The van der Waals surface area contributed by atoms with Gasteiger partial charge in [0.25, 0.3) is 0 Å². The summed E-state index contributed by atoms with van der Waals surface area (Å²) in [5, 5.41) is 6.63. The molecule has 4 heteroatoms. The van der Waals surface area contributed by atoms with Crippen LogP contribution in [0.3, 0.4) is 0 Å². The van der Waals surface area contributed by atoms with E-state index >= 15 is 0 Å². The summed E-state index contributed by atoms with van der Waals surface area (Å²) in [7, 11) is 0. The van der Waals surface area contributed by atoms with Crippen LogP contribution < -0.4 is 10.6 Å². The van der Waals surface area contributed by atoms with E-state index in [-0.39, 0.29) is 11.9 Å². The van der Waals surface area contributed by atoms with Gasteiger partial charge in [0.2, 0.25) is 5.91 Å². The molecular formula is C14H24N2OS. The third-order valence-electron chi connectivity index (χ3n) is 4.03. The molecule has 2 aliphatic rings. The molecule has 2 fully saturated rings. The third-order valence-corrected chi connectivity index (χ3v) is 5.22. The van der Waals surface area contributed by atoms with Crippen LogP contribution in [0.5, 0.6) is 0 Å². The first-order chi connectivity index (χ1) is 8.79. The van der Waals surface area contributed by atoms with Crippen LogP contribution in [0.2, 0.25) is 0 Å². The van der Waals surface area contributed by atoms with Gasteiger partial charge in [-0.15, -0.1) is 0 Å². The first-order valence-electron chi connectivity index (χ1n) is 7.03. The highest BCUT2D eigenvalue weighted by molar-refractivity contribution is 7.99. The molecule has 1 aliphatic heterocycles. The summed E-state index contributed by atoms with van der Waals surface area (Å²) in [6, 6.07) is 0.699. The Bertz CT molecular complexity index is 290. The van der Waals surface area contributed by atoms with Crippen LogP contribution in [0.25, 0.3) is 0 Å². The summed E-state index contributed by atoms with van der Waals surface area (Å²) in [5.41, 5.74) is 0. The number of carbonyl (C=O) groups excluding carboxylic acids is 1. The smallest absolute Gasteiger partial charge is 0.243 e. The summed E-state index contributed by atoms with van der Waals surface area (Å²) >= 11 is 1.91. The number of hydrogen-bond donors (Lipinski definition) is 2. The minimum absolute atomic E-state index is 0.0508. The van der Waals surface area contributed by atoms with Gasteiger partial charge in [0, 0.05) is 17.5 Å². The Morgan fingerprint density at radius 1 is 1.28 bits per heavy atom. The Morgan fingerprint density at radius 2 is 2.00 bits per heavy atom. The fourth-order valence-electron chi connectivity index (χ4n) is 2.91. The zero-order valence-corrected chi connectivity index (χ0v) is 11.8. The summed E-state index contributed by atoms with van der Waals surface area (Å²) in [6.07, 6.45) is 8.32. The Balaban J connectivity index is 1.67. The highest BCUT2D eigenvalue weighted by Gasteiger charge is 2.28. The number of rotatable bonds is 6. The molecule has 2 unspecified atom stereocenters. The number of hydrogen-bond acceptors (Lipinski definition) is 3. The molecule has 1 saturated heterocycles. The molecule has 0 bridgehead atoms. The fraction of sp³-hybridized carbons (Fsp3) is 0.786. The van der Waals surface area contributed by atoms with Gasteiger partial charge in [0.1, 0.15) is 0 Å². The zero-order chi connectivity index (χ0) is 12.8. The minimum atomic E-state index is -0.0508. The average Bonchev–Trinajstić information content (AvgIpc) is 3.01. The van der Waals surface area contributed by atoms with Crippen LogP contribution in [0.4, 0.5) is 0 Å². The van der Waals surface area contributed by atoms with Gasteiger partial charge in [-0.2, -0.15) is 11.8 Å². The van der Waals surface area contributed by atoms with Crippen LogP contribution in [-0.4, -0.2) is 36.0 Å². The zero-order valence-electron chi connectivity index (χ0n) is 11.0. The molecule has 2 atom stereocenters. The summed E-state index contributed by atoms with van der Waals surface area (Å²) < 4.78 is 0. The van der Waals surface area contributed by atoms with Crippen LogP contribution in [0, 0.1) is 5.92 Å². The highest BCUT2D eigenvalue weighted by Crippen LogP contribution is 2.27. The first-order valence-corrected chi connectivity index (χ1v) is 8.19. The van der Waals surface area contributed by atoms with Crippen molar-refractivity contribution in [2.75, 3.05) is 18.1 Å². The normalized spacial score (nSPS) is 28.4. The molecule has 2 N–H and O–H groups in total. The van der Waals surface area contributed by atoms with Gasteiger partial charge in [-0.3, -0.25) is 4.79 Å². The van der Waals surface area contributed by atoms with Gasteiger partial charge in [-0.1, -0.05) is 32.3 Å². The van der Waals surface area contributed by atoms with Crippen molar-refractivity contribution in [1.29, 1.82) is 0 Å². The van der Waals surface area contributed by atoms with Gasteiger partial charge in [-0.25, -0.2) is 0 Å². The lowest BCUT2D eigenvalue weighted by Gasteiger charge is -2.21. The lowest BCUT2D eigenvalue weighted by atomic mass is 10.0. The maximum Gasteiger partial charge on any atom is 0.243 e. The predicted octanol–water partition coefficient (Wildman–Crippen LogP) is 1.94. The molecule has 18 heavy (non-hydrogen) atoms. The van der Waals surface area contributed by atoms with Crippen molar-refractivity contribution in [3.05, 3.63) is 12.7 Å². The Hall–Kier alpha value is -0.480. The van der Waals surface area contributed by atoms with E-state index in [9.17, 15) is 4.79 Å². The second kappa shape index (κ2) is 7.19. The quantitative estimate of drug-likeness (QED) is 0.723. The van der Waals surface area contributed by atoms with E-state index in [1.54, 1.807) is 0 Å². The van der Waals surface area contributed by atoms with Crippen LogP contribution in [0.1, 0.15) is 32.1 Å². The van der Waals surface area contributed by atoms with E-state index in [1.165, 1.54) is 38.2 Å². The van der Waals surface area contributed by atoms with Crippen molar-refractivity contribution in [1.82, 2.24) is 10.6 Å². The molecule has 0 aromatic rings. The Labute approximate surface area is 114 Å². The van der Waals surface area contributed by atoms with Gasteiger partial charge in [-0.05, 0) is 25.0 Å².